The number of amides is 2. The lowest BCUT2D eigenvalue weighted by Crippen LogP contribution is -2.47. The van der Waals surface area contributed by atoms with Crippen molar-refractivity contribution in [1.29, 1.82) is 0 Å². The zero-order valence-electron chi connectivity index (χ0n) is 15.6. The van der Waals surface area contributed by atoms with Crippen LogP contribution in [0.25, 0.3) is 0 Å². The standard InChI is InChI=1S/C18H29BrN4O2/c1-5-9-18(3,4)17(25)22-10-7-8-13(22)11-20-16(24)14-12-21-23(6-2)15(14)19/h12-13H,5-11H2,1-4H3,(H,20,24)/t13-/m1/s1. The third kappa shape index (κ3) is 4.43. The average Bonchev–Trinajstić information content (AvgIpc) is 3.18. The van der Waals surface area contributed by atoms with Gasteiger partial charge in [0.15, 0.2) is 0 Å². The van der Waals surface area contributed by atoms with Gasteiger partial charge in [0.1, 0.15) is 4.60 Å². The lowest BCUT2D eigenvalue weighted by atomic mass is 9.86. The minimum absolute atomic E-state index is 0.0765. The fourth-order valence-corrected chi connectivity index (χ4v) is 4.11. The van der Waals surface area contributed by atoms with Gasteiger partial charge < -0.3 is 10.2 Å². The second-order valence-corrected chi connectivity index (χ2v) is 8.05. The highest BCUT2D eigenvalue weighted by molar-refractivity contribution is 9.10. The largest absolute Gasteiger partial charge is 0.350 e. The van der Waals surface area contributed by atoms with E-state index >= 15 is 0 Å². The number of hydrogen-bond acceptors (Lipinski definition) is 3. The van der Waals surface area contributed by atoms with Crippen molar-refractivity contribution >= 4 is 27.7 Å². The molecule has 140 valence electrons. The third-order valence-electron chi connectivity index (χ3n) is 4.91. The molecule has 1 aliphatic heterocycles. The Morgan fingerprint density at radius 3 is 2.72 bits per heavy atom. The van der Waals surface area contributed by atoms with Gasteiger partial charge in [-0.05, 0) is 42.1 Å². The van der Waals surface area contributed by atoms with Gasteiger partial charge in [0.2, 0.25) is 5.91 Å². The number of aromatic nitrogens is 2. The van der Waals surface area contributed by atoms with Gasteiger partial charge in [-0.2, -0.15) is 5.10 Å². The van der Waals surface area contributed by atoms with Gasteiger partial charge in [-0.1, -0.05) is 27.2 Å². The second-order valence-electron chi connectivity index (χ2n) is 7.30. The Labute approximate surface area is 158 Å². The first-order valence-corrected chi connectivity index (χ1v) is 9.91. The van der Waals surface area contributed by atoms with Crippen LogP contribution in [0.2, 0.25) is 0 Å². The molecule has 2 heterocycles. The highest BCUT2D eigenvalue weighted by Crippen LogP contribution is 2.29. The molecule has 0 unspecified atom stereocenters. The maximum atomic E-state index is 12.9. The van der Waals surface area contributed by atoms with E-state index in [2.05, 4.69) is 33.3 Å². The number of carbonyl (C=O) groups excluding carboxylic acids is 2. The van der Waals surface area contributed by atoms with Gasteiger partial charge in [-0.3, -0.25) is 14.3 Å². The fraction of sp³-hybridized carbons (Fsp3) is 0.722. The molecule has 1 saturated heterocycles. The molecule has 0 radical (unpaired) electrons. The van der Waals surface area contributed by atoms with Crippen molar-refractivity contribution in [3.8, 4) is 0 Å². The molecular weight excluding hydrogens is 384 g/mol. The number of carbonyl (C=O) groups is 2. The van der Waals surface area contributed by atoms with Crippen LogP contribution in [-0.4, -0.2) is 45.6 Å². The van der Waals surface area contributed by atoms with Crippen molar-refractivity contribution in [3.05, 3.63) is 16.4 Å². The van der Waals surface area contributed by atoms with E-state index in [0.717, 1.165) is 32.2 Å². The van der Waals surface area contributed by atoms with Gasteiger partial charge in [0, 0.05) is 31.1 Å². The maximum absolute atomic E-state index is 12.9. The van der Waals surface area contributed by atoms with E-state index in [4.69, 9.17) is 0 Å². The van der Waals surface area contributed by atoms with Crippen molar-refractivity contribution in [2.24, 2.45) is 5.41 Å². The Hall–Kier alpha value is -1.37. The molecule has 1 aliphatic rings. The lowest BCUT2D eigenvalue weighted by molar-refractivity contribution is -0.141. The summed E-state index contributed by atoms with van der Waals surface area (Å²) in [5.41, 5.74) is 0.191. The third-order valence-corrected chi connectivity index (χ3v) is 5.75. The van der Waals surface area contributed by atoms with Crippen LogP contribution in [0.3, 0.4) is 0 Å². The predicted octanol–water partition coefficient (Wildman–Crippen LogP) is 3.21. The summed E-state index contributed by atoms with van der Waals surface area (Å²) in [6.07, 6.45) is 5.37. The fourth-order valence-electron chi connectivity index (χ4n) is 3.48. The number of hydrogen-bond donors (Lipinski definition) is 1. The summed E-state index contributed by atoms with van der Waals surface area (Å²) < 4.78 is 2.42. The minimum atomic E-state index is -0.341. The van der Waals surface area contributed by atoms with Crippen LogP contribution in [0.4, 0.5) is 0 Å². The average molecular weight is 413 g/mol. The number of halogens is 1. The maximum Gasteiger partial charge on any atom is 0.255 e. The molecule has 1 fully saturated rings. The van der Waals surface area contributed by atoms with Crippen molar-refractivity contribution < 1.29 is 9.59 Å². The Balaban J connectivity index is 1.98. The Morgan fingerprint density at radius 2 is 2.12 bits per heavy atom. The first-order chi connectivity index (χ1) is 11.8. The highest BCUT2D eigenvalue weighted by atomic mass is 79.9. The monoisotopic (exact) mass is 412 g/mol. The number of rotatable bonds is 7. The van der Waals surface area contributed by atoms with Gasteiger partial charge in [-0.25, -0.2) is 0 Å². The first kappa shape index (κ1) is 19.9. The zero-order valence-corrected chi connectivity index (χ0v) is 17.2. The number of nitrogens with one attached hydrogen (secondary N) is 1. The zero-order chi connectivity index (χ0) is 18.6. The van der Waals surface area contributed by atoms with E-state index in [1.165, 1.54) is 0 Å². The molecule has 7 heteroatoms. The van der Waals surface area contributed by atoms with Crippen LogP contribution in [0.15, 0.2) is 10.8 Å². The summed E-state index contributed by atoms with van der Waals surface area (Å²) in [6, 6.07) is 0.0765. The first-order valence-electron chi connectivity index (χ1n) is 9.12. The number of likely N-dealkylation sites (tertiary alicyclic amines) is 1. The van der Waals surface area contributed by atoms with E-state index in [-0.39, 0.29) is 23.3 Å². The molecule has 2 amide bonds. The molecule has 0 aromatic carbocycles. The molecule has 25 heavy (non-hydrogen) atoms. The second kappa shape index (κ2) is 8.34. The van der Waals surface area contributed by atoms with Gasteiger partial charge in [0.05, 0.1) is 11.8 Å². The van der Waals surface area contributed by atoms with Crippen molar-refractivity contribution in [3.63, 3.8) is 0 Å². The summed E-state index contributed by atoms with van der Waals surface area (Å²) in [7, 11) is 0. The molecule has 1 N–H and O–H groups in total. The molecule has 1 aromatic heterocycles. The Bertz CT molecular complexity index is 627. The van der Waals surface area contributed by atoms with E-state index in [1.807, 2.05) is 25.7 Å². The summed E-state index contributed by atoms with van der Waals surface area (Å²) in [6.45, 7) is 10.1. The van der Waals surface area contributed by atoms with Gasteiger partial charge in [-0.15, -0.1) is 0 Å². The lowest BCUT2D eigenvalue weighted by Gasteiger charge is -2.33. The minimum Gasteiger partial charge on any atom is -0.350 e. The smallest absolute Gasteiger partial charge is 0.255 e. The van der Waals surface area contributed by atoms with Crippen LogP contribution in [0.5, 0.6) is 0 Å². The highest BCUT2D eigenvalue weighted by Gasteiger charge is 2.37. The molecule has 1 aromatic rings. The van der Waals surface area contributed by atoms with E-state index in [1.54, 1.807) is 10.9 Å². The van der Waals surface area contributed by atoms with Crippen molar-refractivity contribution in [2.45, 2.75) is 66.0 Å². The van der Waals surface area contributed by atoms with E-state index in [9.17, 15) is 9.59 Å². The van der Waals surface area contributed by atoms with Crippen LogP contribution in [0.1, 0.15) is 63.7 Å². The van der Waals surface area contributed by atoms with E-state index in [0.29, 0.717) is 23.3 Å². The number of aryl methyl sites for hydroxylation is 1. The normalized spacial score (nSPS) is 17.8. The summed E-state index contributed by atoms with van der Waals surface area (Å²) in [4.78, 5) is 27.3. The van der Waals surface area contributed by atoms with E-state index < -0.39 is 0 Å². The predicted molar refractivity (Wildman–Crippen MR) is 101 cm³/mol. The quantitative estimate of drug-likeness (QED) is 0.747. The molecule has 0 spiro atoms. The van der Waals surface area contributed by atoms with Crippen LogP contribution in [0, 0.1) is 5.41 Å². The topological polar surface area (TPSA) is 67.2 Å². The molecule has 0 bridgehead atoms. The molecule has 0 aliphatic carbocycles. The van der Waals surface area contributed by atoms with Crippen molar-refractivity contribution in [2.75, 3.05) is 13.1 Å². The Morgan fingerprint density at radius 1 is 1.40 bits per heavy atom. The van der Waals surface area contributed by atoms with Crippen LogP contribution < -0.4 is 5.32 Å². The molecule has 2 rings (SSSR count). The van der Waals surface area contributed by atoms with Crippen molar-refractivity contribution in [1.82, 2.24) is 20.0 Å². The van der Waals surface area contributed by atoms with Crippen LogP contribution in [-0.2, 0) is 11.3 Å². The van der Waals surface area contributed by atoms with Gasteiger partial charge in [0.25, 0.3) is 5.91 Å². The SMILES string of the molecule is CCCC(C)(C)C(=O)N1CCC[C@@H]1CNC(=O)c1cnn(CC)c1Br. The number of nitrogens with zero attached hydrogens (tertiary/aromatic N) is 3. The Kier molecular flexibility index (Phi) is 6.65. The summed E-state index contributed by atoms with van der Waals surface area (Å²) in [5.74, 6) is 0.0461. The van der Waals surface area contributed by atoms with Crippen LogP contribution >= 0.6 is 15.9 Å². The molecule has 1 atom stereocenters. The summed E-state index contributed by atoms with van der Waals surface area (Å²) >= 11 is 3.42. The van der Waals surface area contributed by atoms with Gasteiger partial charge >= 0.3 is 0 Å². The molecule has 0 saturated carbocycles. The molecule has 6 nitrogen and oxygen atoms in total. The molecular formula is C18H29BrN4O2. The summed E-state index contributed by atoms with van der Waals surface area (Å²) in [5, 5.41) is 7.15.